The number of rotatable bonds is 18. The minimum absolute atomic E-state index is 0.137. The summed E-state index contributed by atoms with van der Waals surface area (Å²) in [5.74, 6) is 0.553. The van der Waals surface area contributed by atoms with E-state index in [0.29, 0.717) is 62.7 Å². The third-order valence-corrected chi connectivity index (χ3v) is 6.68. The van der Waals surface area contributed by atoms with E-state index in [-0.39, 0.29) is 23.1 Å². The lowest BCUT2D eigenvalue weighted by Gasteiger charge is -2.09. The number of nitrogens with zero attached hydrogens (tertiary/aromatic N) is 2. The molecule has 0 atom stereocenters. The topological polar surface area (TPSA) is 93.0 Å². The molecule has 214 valence electrons. The van der Waals surface area contributed by atoms with Crippen LogP contribution in [0.5, 0.6) is 0 Å². The van der Waals surface area contributed by atoms with Gasteiger partial charge in [-0.15, -0.1) is 0 Å². The Morgan fingerprint density at radius 1 is 0.575 bits per heavy atom. The van der Waals surface area contributed by atoms with Gasteiger partial charge in [0.05, 0.1) is 17.1 Å². The van der Waals surface area contributed by atoms with Gasteiger partial charge in [0.25, 0.3) is 0 Å². The molecule has 40 heavy (non-hydrogen) atoms. The number of unbranched alkanes of at least 4 members (excludes halogenated alkanes) is 1. The molecule has 0 spiro atoms. The van der Waals surface area contributed by atoms with E-state index in [9.17, 15) is 19.2 Å². The number of hydrogen-bond donors (Lipinski definition) is 0. The van der Waals surface area contributed by atoms with Crippen molar-refractivity contribution in [3.63, 3.8) is 0 Å². The van der Waals surface area contributed by atoms with E-state index in [1.165, 1.54) is 0 Å². The second kappa shape index (κ2) is 17.2. The van der Waals surface area contributed by atoms with Crippen LogP contribution in [0.15, 0.2) is 46.4 Å². The van der Waals surface area contributed by atoms with Crippen LogP contribution in [-0.4, -0.2) is 35.1 Å². The largest absolute Gasteiger partial charge is 0.299 e. The van der Waals surface area contributed by atoms with Gasteiger partial charge < -0.3 is 0 Å². The smallest absolute Gasteiger partial charge is 0.136 e. The maximum Gasteiger partial charge on any atom is 0.136 e. The Bertz CT molecular complexity index is 1180. The lowest BCUT2D eigenvalue weighted by molar-refractivity contribution is -0.119. The first-order chi connectivity index (χ1) is 19.2. The summed E-state index contributed by atoms with van der Waals surface area (Å²) in [6, 6.07) is 11.5. The molecule has 6 nitrogen and oxygen atoms in total. The molecule has 0 saturated heterocycles. The first-order valence-electron chi connectivity index (χ1n) is 14.6. The zero-order chi connectivity index (χ0) is 29.5. The summed E-state index contributed by atoms with van der Waals surface area (Å²) in [7, 11) is 0. The minimum Gasteiger partial charge on any atom is -0.299 e. The lowest BCUT2D eigenvalue weighted by atomic mass is 10.00. The average Bonchev–Trinajstić information content (AvgIpc) is 2.93. The van der Waals surface area contributed by atoms with Gasteiger partial charge in [-0.1, -0.05) is 53.2 Å². The second-order valence-corrected chi connectivity index (χ2v) is 10.3. The van der Waals surface area contributed by atoms with Crippen LogP contribution in [0.25, 0.3) is 0 Å². The Morgan fingerprint density at radius 2 is 0.950 bits per heavy atom. The highest BCUT2D eigenvalue weighted by atomic mass is 16.1. The molecule has 2 aromatic carbocycles. The highest BCUT2D eigenvalue weighted by molar-refractivity contribution is 6.31. The van der Waals surface area contributed by atoms with Crippen molar-refractivity contribution in [2.24, 2.45) is 9.98 Å². The van der Waals surface area contributed by atoms with Crippen LogP contribution in [0, 0.1) is 0 Å². The predicted molar refractivity (Wildman–Crippen MR) is 164 cm³/mol. The number of Topliss-reactive ketones (excluding diaryl/α,β-unsaturated/α-hetero) is 4. The number of hydrogen-bond acceptors (Lipinski definition) is 6. The standard InChI is InChI=1S/C34H44N2O4/c1-6-11-12-28(36-30-17-26(21-33(39)9-4)14-27(18-30)22-34(40)10-5)23-35-29-15-24(19-31(37)7-2)13-25(16-29)20-32(38)8-3/h13-18,23H,6-12,19-22H2,1-5H3. The van der Waals surface area contributed by atoms with Crippen LogP contribution in [0.3, 0.4) is 0 Å². The molecule has 0 aliphatic heterocycles. The Labute approximate surface area is 239 Å². The van der Waals surface area contributed by atoms with Crippen molar-refractivity contribution in [3.05, 3.63) is 58.7 Å². The quantitative estimate of drug-likeness (QED) is 0.182. The molecule has 0 aromatic heterocycles. The summed E-state index contributed by atoms with van der Waals surface area (Å²) in [6.07, 6.45) is 7.48. The second-order valence-electron chi connectivity index (χ2n) is 10.3. The summed E-state index contributed by atoms with van der Waals surface area (Å²) in [5, 5.41) is 0. The Balaban J connectivity index is 2.50. The Kier molecular flexibility index (Phi) is 14.1. The van der Waals surface area contributed by atoms with Crippen LogP contribution < -0.4 is 0 Å². The number of carbonyl (C=O) groups is 4. The van der Waals surface area contributed by atoms with Gasteiger partial charge in [0.15, 0.2) is 0 Å². The van der Waals surface area contributed by atoms with Gasteiger partial charge in [0, 0.05) is 57.6 Å². The summed E-state index contributed by atoms with van der Waals surface area (Å²) >= 11 is 0. The molecule has 0 fully saturated rings. The van der Waals surface area contributed by atoms with E-state index in [2.05, 4.69) is 6.92 Å². The number of aliphatic imine (C=N–C) groups is 2. The molecule has 2 aromatic rings. The summed E-state index contributed by atoms with van der Waals surface area (Å²) in [6.45, 7) is 9.51. The molecule has 0 radical (unpaired) electrons. The van der Waals surface area contributed by atoms with E-state index >= 15 is 0 Å². The third-order valence-electron chi connectivity index (χ3n) is 6.68. The molecule has 2 rings (SSSR count). The molecule has 0 unspecified atom stereocenters. The molecule has 0 heterocycles. The first kappa shape index (κ1) is 32.7. The average molecular weight is 545 g/mol. The number of carbonyl (C=O) groups excluding carboxylic acids is 4. The van der Waals surface area contributed by atoms with Gasteiger partial charge in [-0.05, 0) is 59.4 Å². The zero-order valence-corrected chi connectivity index (χ0v) is 24.8. The van der Waals surface area contributed by atoms with Crippen molar-refractivity contribution in [2.45, 2.75) is 105 Å². The highest BCUT2D eigenvalue weighted by Crippen LogP contribution is 2.23. The molecule has 0 bridgehead atoms. The summed E-state index contributed by atoms with van der Waals surface area (Å²) in [4.78, 5) is 58.2. The maximum absolute atomic E-state index is 12.2. The molecular formula is C34H44N2O4. The van der Waals surface area contributed by atoms with Gasteiger partial charge in [-0.25, -0.2) is 0 Å². The SMILES string of the molecule is CCCCC(C=Nc1cc(CC(=O)CC)cc(CC(=O)CC)c1)=Nc1cc(CC(=O)CC)cc(CC(=O)CC)c1. The van der Waals surface area contributed by atoms with Crippen molar-refractivity contribution in [1.29, 1.82) is 0 Å². The third kappa shape index (κ3) is 11.7. The molecule has 0 amide bonds. The van der Waals surface area contributed by atoms with E-state index in [1.54, 1.807) is 6.21 Å². The Hall–Kier alpha value is -3.54. The fourth-order valence-corrected chi connectivity index (χ4v) is 4.27. The van der Waals surface area contributed by atoms with Crippen molar-refractivity contribution < 1.29 is 19.2 Å². The van der Waals surface area contributed by atoms with Gasteiger partial charge in [-0.2, -0.15) is 0 Å². The van der Waals surface area contributed by atoms with E-state index in [4.69, 9.17) is 9.98 Å². The summed E-state index contributed by atoms with van der Waals surface area (Å²) in [5.41, 5.74) is 5.59. The molecule has 0 saturated carbocycles. The summed E-state index contributed by atoms with van der Waals surface area (Å²) < 4.78 is 0. The van der Waals surface area contributed by atoms with Crippen LogP contribution in [0.1, 0.15) is 102 Å². The molecule has 6 heteroatoms. The van der Waals surface area contributed by atoms with Crippen molar-refractivity contribution in [2.75, 3.05) is 0 Å². The van der Waals surface area contributed by atoms with Gasteiger partial charge >= 0.3 is 0 Å². The van der Waals surface area contributed by atoms with Crippen LogP contribution in [0.4, 0.5) is 11.4 Å². The molecule has 0 N–H and O–H groups in total. The normalized spacial score (nSPS) is 11.7. The zero-order valence-electron chi connectivity index (χ0n) is 24.8. The van der Waals surface area contributed by atoms with E-state index in [1.807, 2.05) is 64.1 Å². The van der Waals surface area contributed by atoms with Crippen molar-refractivity contribution >= 4 is 46.4 Å². The van der Waals surface area contributed by atoms with E-state index < -0.39 is 0 Å². The maximum atomic E-state index is 12.2. The molecular weight excluding hydrogens is 500 g/mol. The first-order valence-corrected chi connectivity index (χ1v) is 14.6. The van der Waals surface area contributed by atoms with Gasteiger partial charge in [0.2, 0.25) is 0 Å². The van der Waals surface area contributed by atoms with Crippen LogP contribution >= 0.6 is 0 Å². The lowest BCUT2D eigenvalue weighted by Crippen LogP contribution is -2.05. The Morgan fingerprint density at radius 3 is 1.30 bits per heavy atom. The fraction of sp³-hybridized carbons (Fsp3) is 0.471. The highest BCUT2D eigenvalue weighted by Gasteiger charge is 2.10. The van der Waals surface area contributed by atoms with Crippen molar-refractivity contribution in [1.82, 2.24) is 0 Å². The number of ketones is 4. The van der Waals surface area contributed by atoms with Gasteiger partial charge in [0.1, 0.15) is 23.1 Å². The van der Waals surface area contributed by atoms with Crippen molar-refractivity contribution in [3.8, 4) is 0 Å². The predicted octanol–water partition coefficient (Wildman–Crippen LogP) is 7.44. The van der Waals surface area contributed by atoms with E-state index in [0.717, 1.165) is 47.2 Å². The van der Waals surface area contributed by atoms with Crippen LogP contribution in [-0.2, 0) is 44.9 Å². The van der Waals surface area contributed by atoms with Gasteiger partial charge in [-0.3, -0.25) is 29.2 Å². The fourth-order valence-electron chi connectivity index (χ4n) is 4.27. The molecule has 0 aliphatic carbocycles. The minimum atomic E-state index is 0.137. The molecule has 0 aliphatic rings. The monoisotopic (exact) mass is 544 g/mol. The van der Waals surface area contributed by atoms with Crippen LogP contribution in [0.2, 0.25) is 0 Å². The number of benzene rings is 2.